The summed E-state index contributed by atoms with van der Waals surface area (Å²) in [6.07, 6.45) is 9.08. The van der Waals surface area contributed by atoms with Crippen LogP contribution in [0, 0.1) is 0 Å². The third kappa shape index (κ3) is 4.33. The summed E-state index contributed by atoms with van der Waals surface area (Å²) in [6.45, 7) is 0.149. The SMILES string of the molecule is OC/C=C/CCCC1OC1Cc1ccccc1. The molecule has 2 heteroatoms. The second-order valence-electron chi connectivity index (χ2n) is 4.49. The molecule has 1 aromatic carbocycles. The van der Waals surface area contributed by atoms with Crippen LogP contribution in [-0.2, 0) is 11.2 Å². The molecule has 1 aliphatic heterocycles. The molecule has 1 N–H and O–H groups in total. The molecule has 0 amide bonds. The lowest BCUT2D eigenvalue weighted by Gasteiger charge is -1.96. The molecule has 2 atom stereocenters. The smallest absolute Gasteiger partial charge is 0.0882 e. The predicted octanol–water partition coefficient (Wildman–Crippen LogP) is 2.72. The van der Waals surface area contributed by atoms with Gasteiger partial charge in [0.15, 0.2) is 0 Å². The largest absolute Gasteiger partial charge is 0.392 e. The number of hydrogen-bond donors (Lipinski definition) is 1. The van der Waals surface area contributed by atoms with Crippen molar-refractivity contribution in [1.29, 1.82) is 0 Å². The Morgan fingerprint density at radius 1 is 1.12 bits per heavy atom. The molecular formula is C15H20O2. The topological polar surface area (TPSA) is 32.8 Å². The van der Waals surface area contributed by atoms with Gasteiger partial charge in [-0.15, -0.1) is 0 Å². The first-order valence-corrected chi connectivity index (χ1v) is 6.35. The molecule has 2 nitrogen and oxygen atoms in total. The van der Waals surface area contributed by atoms with Gasteiger partial charge in [-0.25, -0.2) is 0 Å². The second-order valence-corrected chi connectivity index (χ2v) is 4.49. The van der Waals surface area contributed by atoms with Crippen LogP contribution in [0.3, 0.4) is 0 Å². The molecule has 0 bridgehead atoms. The summed E-state index contributed by atoms with van der Waals surface area (Å²) in [5.41, 5.74) is 1.36. The molecule has 0 spiro atoms. The van der Waals surface area contributed by atoms with Crippen LogP contribution in [0.4, 0.5) is 0 Å². The average Bonchev–Trinajstić information content (AvgIpc) is 3.09. The van der Waals surface area contributed by atoms with Crippen LogP contribution in [0.5, 0.6) is 0 Å². The minimum atomic E-state index is 0.149. The second kappa shape index (κ2) is 6.58. The zero-order valence-electron chi connectivity index (χ0n) is 10.1. The number of rotatable bonds is 7. The lowest BCUT2D eigenvalue weighted by molar-refractivity contribution is 0.342. The van der Waals surface area contributed by atoms with Crippen LogP contribution in [-0.4, -0.2) is 23.9 Å². The Balaban J connectivity index is 1.60. The van der Waals surface area contributed by atoms with E-state index in [0.29, 0.717) is 12.2 Å². The van der Waals surface area contributed by atoms with Crippen LogP contribution in [0.1, 0.15) is 24.8 Å². The van der Waals surface area contributed by atoms with Crippen molar-refractivity contribution in [3.8, 4) is 0 Å². The predicted molar refractivity (Wildman–Crippen MR) is 68.9 cm³/mol. The number of aliphatic hydroxyl groups excluding tert-OH is 1. The number of epoxide rings is 1. The fourth-order valence-corrected chi connectivity index (χ4v) is 2.09. The van der Waals surface area contributed by atoms with Crippen molar-refractivity contribution < 1.29 is 9.84 Å². The van der Waals surface area contributed by atoms with Gasteiger partial charge >= 0.3 is 0 Å². The van der Waals surface area contributed by atoms with E-state index >= 15 is 0 Å². The zero-order valence-corrected chi connectivity index (χ0v) is 10.1. The van der Waals surface area contributed by atoms with Crippen LogP contribution < -0.4 is 0 Å². The Kier molecular flexibility index (Phi) is 4.77. The van der Waals surface area contributed by atoms with Gasteiger partial charge in [-0.3, -0.25) is 0 Å². The normalized spacial score (nSPS) is 23.1. The quantitative estimate of drug-likeness (QED) is 0.445. The Labute approximate surface area is 103 Å². The summed E-state index contributed by atoms with van der Waals surface area (Å²) in [7, 11) is 0. The standard InChI is InChI=1S/C15H20O2/c16-11-7-2-1-6-10-14-15(17-14)12-13-8-4-3-5-9-13/h2-5,7-9,14-16H,1,6,10-12H2/b7-2+. The van der Waals surface area contributed by atoms with Crippen molar-refractivity contribution in [2.45, 2.75) is 37.9 Å². The molecule has 0 saturated carbocycles. The maximum absolute atomic E-state index is 8.58. The van der Waals surface area contributed by atoms with E-state index in [1.807, 2.05) is 12.1 Å². The van der Waals surface area contributed by atoms with E-state index in [2.05, 4.69) is 24.3 Å². The van der Waals surface area contributed by atoms with Crippen molar-refractivity contribution in [2.75, 3.05) is 6.61 Å². The summed E-state index contributed by atoms with van der Waals surface area (Å²) in [5, 5.41) is 8.58. The number of benzene rings is 1. The highest BCUT2D eigenvalue weighted by atomic mass is 16.6. The van der Waals surface area contributed by atoms with Crippen LogP contribution in [0.25, 0.3) is 0 Å². The van der Waals surface area contributed by atoms with Crippen LogP contribution in [0.2, 0.25) is 0 Å². The van der Waals surface area contributed by atoms with Gasteiger partial charge < -0.3 is 9.84 Å². The van der Waals surface area contributed by atoms with Gasteiger partial charge in [-0.05, 0) is 24.8 Å². The molecule has 1 aliphatic rings. The summed E-state index contributed by atoms with van der Waals surface area (Å²) >= 11 is 0. The molecule has 92 valence electrons. The van der Waals surface area contributed by atoms with E-state index in [0.717, 1.165) is 25.7 Å². The third-order valence-electron chi connectivity index (χ3n) is 3.10. The van der Waals surface area contributed by atoms with Crippen molar-refractivity contribution in [1.82, 2.24) is 0 Å². The molecule has 17 heavy (non-hydrogen) atoms. The number of unbranched alkanes of at least 4 members (excludes halogenated alkanes) is 1. The summed E-state index contributed by atoms with van der Waals surface area (Å²) in [4.78, 5) is 0. The van der Waals surface area contributed by atoms with Crippen molar-refractivity contribution in [3.63, 3.8) is 0 Å². The molecule has 1 aromatic rings. The zero-order chi connectivity index (χ0) is 11.9. The lowest BCUT2D eigenvalue weighted by Crippen LogP contribution is -1.98. The highest BCUT2D eigenvalue weighted by molar-refractivity contribution is 5.17. The molecule has 2 rings (SSSR count). The van der Waals surface area contributed by atoms with Gasteiger partial charge in [0, 0.05) is 6.42 Å². The molecular weight excluding hydrogens is 212 g/mol. The van der Waals surface area contributed by atoms with E-state index < -0.39 is 0 Å². The van der Waals surface area contributed by atoms with Gasteiger partial charge in [0.1, 0.15) is 0 Å². The number of allylic oxidation sites excluding steroid dienone is 1. The van der Waals surface area contributed by atoms with E-state index in [4.69, 9.17) is 9.84 Å². The average molecular weight is 232 g/mol. The molecule has 1 saturated heterocycles. The monoisotopic (exact) mass is 232 g/mol. The van der Waals surface area contributed by atoms with Gasteiger partial charge in [0.2, 0.25) is 0 Å². The Morgan fingerprint density at radius 3 is 2.71 bits per heavy atom. The van der Waals surface area contributed by atoms with Crippen LogP contribution in [0.15, 0.2) is 42.5 Å². The summed E-state index contributed by atoms with van der Waals surface area (Å²) < 4.78 is 5.65. The first kappa shape index (κ1) is 12.3. The minimum absolute atomic E-state index is 0.149. The Morgan fingerprint density at radius 2 is 1.94 bits per heavy atom. The van der Waals surface area contributed by atoms with Crippen LogP contribution >= 0.6 is 0 Å². The van der Waals surface area contributed by atoms with Crippen molar-refractivity contribution in [3.05, 3.63) is 48.0 Å². The molecule has 1 heterocycles. The fraction of sp³-hybridized carbons (Fsp3) is 0.467. The van der Waals surface area contributed by atoms with Gasteiger partial charge in [-0.2, -0.15) is 0 Å². The molecule has 0 aromatic heterocycles. The third-order valence-corrected chi connectivity index (χ3v) is 3.10. The van der Waals surface area contributed by atoms with E-state index in [9.17, 15) is 0 Å². The maximum Gasteiger partial charge on any atom is 0.0882 e. The fourth-order valence-electron chi connectivity index (χ4n) is 2.09. The highest BCUT2D eigenvalue weighted by Crippen LogP contribution is 2.30. The molecule has 0 aliphatic carbocycles. The number of ether oxygens (including phenoxy) is 1. The van der Waals surface area contributed by atoms with Crippen molar-refractivity contribution in [2.24, 2.45) is 0 Å². The van der Waals surface area contributed by atoms with E-state index in [1.54, 1.807) is 6.08 Å². The summed E-state index contributed by atoms with van der Waals surface area (Å²) in [5.74, 6) is 0. The minimum Gasteiger partial charge on any atom is -0.392 e. The highest BCUT2D eigenvalue weighted by Gasteiger charge is 2.37. The lowest BCUT2D eigenvalue weighted by atomic mass is 10.1. The summed E-state index contributed by atoms with van der Waals surface area (Å²) in [6, 6.07) is 10.5. The van der Waals surface area contributed by atoms with Gasteiger partial charge in [-0.1, -0.05) is 42.5 Å². The Hall–Kier alpha value is -1.12. The number of aliphatic hydroxyl groups is 1. The molecule has 1 fully saturated rings. The first-order valence-electron chi connectivity index (χ1n) is 6.35. The van der Waals surface area contributed by atoms with E-state index in [-0.39, 0.29) is 6.61 Å². The maximum atomic E-state index is 8.58. The van der Waals surface area contributed by atoms with E-state index in [1.165, 1.54) is 5.56 Å². The first-order chi connectivity index (χ1) is 8.40. The van der Waals surface area contributed by atoms with Gasteiger partial charge in [0.25, 0.3) is 0 Å². The molecule has 2 unspecified atom stereocenters. The number of hydrogen-bond acceptors (Lipinski definition) is 2. The van der Waals surface area contributed by atoms with Gasteiger partial charge in [0.05, 0.1) is 18.8 Å². The van der Waals surface area contributed by atoms with Crippen molar-refractivity contribution >= 4 is 0 Å². The Bertz CT molecular complexity index is 345. The molecule has 0 radical (unpaired) electrons.